The minimum atomic E-state index is -0.983. The Labute approximate surface area is 197 Å². The highest BCUT2D eigenvalue weighted by atomic mass is 35.5. The lowest BCUT2D eigenvalue weighted by atomic mass is 9.57. The van der Waals surface area contributed by atoms with Crippen LogP contribution in [0.3, 0.4) is 0 Å². The molecule has 1 N–H and O–H groups in total. The molecule has 0 aromatic heterocycles. The van der Waals surface area contributed by atoms with Crippen molar-refractivity contribution in [2.45, 2.75) is 77.7 Å². The maximum atomic E-state index is 13.7. The molecule has 0 aliphatic heterocycles. The fraction of sp³-hybridized carbons (Fsp3) is 0.643. The molecule has 0 bridgehead atoms. The summed E-state index contributed by atoms with van der Waals surface area (Å²) in [5.41, 5.74) is 2.88. The van der Waals surface area contributed by atoms with Crippen molar-refractivity contribution >= 4 is 23.7 Å². The molecule has 4 aliphatic rings. The molecule has 2 fully saturated rings. The Morgan fingerprint density at radius 2 is 1.94 bits per heavy atom. The van der Waals surface area contributed by atoms with E-state index in [0.717, 1.165) is 67.1 Å². The summed E-state index contributed by atoms with van der Waals surface area (Å²) in [5.74, 6) is 0.751. The summed E-state index contributed by atoms with van der Waals surface area (Å²) >= 11 is 6.19. The molecule has 0 heterocycles. The topological polar surface area (TPSA) is 54.4 Å². The average Bonchev–Trinajstić information content (AvgIpc) is 3.34. The SMILES string of the molecule is C=C(C=O)C12CCC(C)C(C)=C1C(=O)C(CC1CCC3(C(=C)CCl)CCC=C3C1(C)O)C2. The van der Waals surface area contributed by atoms with Crippen LogP contribution < -0.4 is 0 Å². The highest BCUT2D eigenvalue weighted by Gasteiger charge is 2.57. The Morgan fingerprint density at radius 1 is 1.25 bits per heavy atom. The van der Waals surface area contributed by atoms with Gasteiger partial charge in [-0.15, -0.1) is 11.6 Å². The van der Waals surface area contributed by atoms with E-state index in [9.17, 15) is 14.7 Å². The van der Waals surface area contributed by atoms with Crippen LogP contribution >= 0.6 is 11.6 Å². The maximum absolute atomic E-state index is 13.7. The van der Waals surface area contributed by atoms with Gasteiger partial charge in [-0.25, -0.2) is 0 Å². The van der Waals surface area contributed by atoms with Gasteiger partial charge in [-0.05, 0) is 88.2 Å². The fourth-order valence-electron chi connectivity index (χ4n) is 7.56. The van der Waals surface area contributed by atoms with E-state index >= 15 is 0 Å². The third kappa shape index (κ3) is 3.18. The molecular weight excluding hydrogens is 420 g/mol. The van der Waals surface area contributed by atoms with Gasteiger partial charge < -0.3 is 5.11 Å². The number of carbonyl (C=O) groups excluding carboxylic acids is 2. The van der Waals surface area contributed by atoms with Crippen molar-refractivity contribution < 1.29 is 14.7 Å². The van der Waals surface area contributed by atoms with E-state index in [0.29, 0.717) is 30.2 Å². The van der Waals surface area contributed by atoms with Crippen LogP contribution in [0.15, 0.2) is 47.1 Å². The summed E-state index contributed by atoms with van der Waals surface area (Å²) in [6.07, 6.45) is 9.78. The molecule has 0 aromatic rings. The second kappa shape index (κ2) is 8.09. The molecule has 4 aliphatic carbocycles. The van der Waals surface area contributed by atoms with E-state index in [1.54, 1.807) is 0 Å². The minimum absolute atomic E-state index is 0.00270. The third-order valence-electron chi connectivity index (χ3n) is 9.69. The molecule has 0 aromatic carbocycles. The van der Waals surface area contributed by atoms with E-state index in [1.165, 1.54) is 0 Å². The van der Waals surface area contributed by atoms with E-state index in [2.05, 4.69) is 33.1 Å². The van der Waals surface area contributed by atoms with Gasteiger partial charge in [0.1, 0.15) is 6.29 Å². The van der Waals surface area contributed by atoms with Crippen LogP contribution in [-0.2, 0) is 9.59 Å². The number of fused-ring (bicyclic) bond motifs is 2. The maximum Gasteiger partial charge on any atom is 0.162 e. The quantitative estimate of drug-likeness (QED) is 0.227. The molecule has 4 rings (SSSR count). The second-order valence-electron chi connectivity index (χ2n) is 11.1. The summed E-state index contributed by atoms with van der Waals surface area (Å²) in [6, 6.07) is 0. The zero-order chi connectivity index (χ0) is 23.5. The Morgan fingerprint density at radius 3 is 2.59 bits per heavy atom. The number of aliphatic hydroxyl groups is 1. The molecular formula is C28H37ClO3. The smallest absolute Gasteiger partial charge is 0.162 e. The molecule has 6 atom stereocenters. The standard InChI is InChI=1S/C28H37ClO3/c1-17-8-11-28(19(3)16-30)14-21(25(31)24(28)20(17)4)13-22-9-12-27(18(2)15-29)10-6-7-23(27)26(22,5)32/h7,16-17,21-22,32H,2-3,6,8-15H2,1,4-5H3. The Bertz CT molecular complexity index is 938. The summed E-state index contributed by atoms with van der Waals surface area (Å²) in [5, 5.41) is 11.8. The molecule has 174 valence electrons. The number of alkyl halides is 1. The van der Waals surface area contributed by atoms with Crippen LogP contribution in [0.4, 0.5) is 0 Å². The normalized spacial score (nSPS) is 41.2. The molecule has 2 saturated carbocycles. The molecule has 32 heavy (non-hydrogen) atoms. The first kappa shape index (κ1) is 23.7. The molecule has 0 amide bonds. The predicted octanol–water partition coefficient (Wildman–Crippen LogP) is 6.12. The first-order valence-corrected chi connectivity index (χ1v) is 12.7. The van der Waals surface area contributed by atoms with Crippen molar-refractivity contribution in [3.05, 3.63) is 47.1 Å². The van der Waals surface area contributed by atoms with Crippen LogP contribution in [0.5, 0.6) is 0 Å². The van der Waals surface area contributed by atoms with Gasteiger partial charge in [0.2, 0.25) is 0 Å². The Hall–Kier alpha value is -1.45. The van der Waals surface area contributed by atoms with Gasteiger partial charge in [-0.3, -0.25) is 9.59 Å². The van der Waals surface area contributed by atoms with Gasteiger partial charge in [0, 0.05) is 28.2 Å². The van der Waals surface area contributed by atoms with Crippen LogP contribution in [0.2, 0.25) is 0 Å². The summed E-state index contributed by atoms with van der Waals surface area (Å²) in [6.45, 7) is 14.5. The van der Waals surface area contributed by atoms with E-state index in [-0.39, 0.29) is 23.0 Å². The number of aldehydes is 1. The van der Waals surface area contributed by atoms with Crippen molar-refractivity contribution in [3.63, 3.8) is 0 Å². The van der Waals surface area contributed by atoms with Crippen molar-refractivity contribution in [3.8, 4) is 0 Å². The number of allylic oxidation sites excluding steroid dienone is 5. The Kier molecular flexibility index (Phi) is 5.99. The first-order chi connectivity index (χ1) is 15.0. The lowest BCUT2D eigenvalue weighted by Gasteiger charge is -2.50. The number of hydrogen-bond donors (Lipinski definition) is 1. The van der Waals surface area contributed by atoms with Gasteiger partial charge in [-0.1, -0.05) is 37.3 Å². The van der Waals surface area contributed by atoms with Crippen molar-refractivity contribution in [1.82, 2.24) is 0 Å². The number of Topliss-reactive ketones (excluding diaryl/α,β-unsaturated/α-hetero) is 1. The average molecular weight is 457 g/mol. The molecule has 0 saturated heterocycles. The zero-order valence-electron chi connectivity index (χ0n) is 19.8. The van der Waals surface area contributed by atoms with Gasteiger partial charge in [0.15, 0.2) is 5.78 Å². The number of hydrogen-bond acceptors (Lipinski definition) is 3. The summed E-state index contributed by atoms with van der Waals surface area (Å²) in [4.78, 5) is 25.5. The van der Waals surface area contributed by atoms with Gasteiger partial charge in [0.05, 0.1) is 5.60 Å². The first-order valence-electron chi connectivity index (χ1n) is 12.1. The largest absolute Gasteiger partial charge is 0.385 e. The van der Waals surface area contributed by atoms with Gasteiger partial charge in [0.25, 0.3) is 0 Å². The van der Waals surface area contributed by atoms with E-state index in [1.807, 2.05) is 6.92 Å². The molecule has 0 radical (unpaired) electrons. The number of halogens is 1. The number of carbonyl (C=O) groups is 2. The van der Waals surface area contributed by atoms with E-state index < -0.39 is 11.0 Å². The second-order valence-corrected chi connectivity index (χ2v) is 11.4. The third-order valence-corrected chi connectivity index (χ3v) is 10.0. The van der Waals surface area contributed by atoms with Crippen LogP contribution in [-0.4, -0.2) is 28.7 Å². The fourth-order valence-corrected chi connectivity index (χ4v) is 7.82. The zero-order valence-corrected chi connectivity index (χ0v) is 20.6. The highest BCUT2D eigenvalue weighted by molar-refractivity contribution is 6.19. The monoisotopic (exact) mass is 456 g/mol. The van der Waals surface area contributed by atoms with Crippen LogP contribution in [0, 0.1) is 28.6 Å². The van der Waals surface area contributed by atoms with Crippen LogP contribution in [0.25, 0.3) is 0 Å². The Balaban J connectivity index is 1.65. The number of rotatable bonds is 6. The van der Waals surface area contributed by atoms with Crippen LogP contribution in [0.1, 0.15) is 72.1 Å². The van der Waals surface area contributed by atoms with Gasteiger partial charge >= 0.3 is 0 Å². The van der Waals surface area contributed by atoms with Gasteiger partial charge in [-0.2, -0.15) is 0 Å². The molecule has 3 nitrogen and oxygen atoms in total. The van der Waals surface area contributed by atoms with Crippen molar-refractivity contribution in [2.24, 2.45) is 28.6 Å². The van der Waals surface area contributed by atoms with Crippen molar-refractivity contribution in [2.75, 3.05) is 5.88 Å². The lowest BCUT2D eigenvalue weighted by Crippen LogP contribution is -2.48. The summed E-state index contributed by atoms with van der Waals surface area (Å²) in [7, 11) is 0. The molecule has 0 spiro atoms. The lowest BCUT2D eigenvalue weighted by molar-refractivity contribution is -0.119. The predicted molar refractivity (Wildman–Crippen MR) is 129 cm³/mol. The summed E-state index contributed by atoms with van der Waals surface area (Å²) < 4.78 is 0. The van der Waals surface area contributed by atoms with Crippen molar-refractivity contribution in [1.29, 1.82) is 0 Å². The van der Waals surface area contributed by atoms with E-state index in [4.69, 9.17) is 11.6 Å². The molecule has 6 unspecified atom stereocenters. The number of ketones is 1. The minimum Gasteiger partial charge on any atom is -0.385 e. The highest BCUT2D eigenvalue weighted by Crippen LogP contribution is 2.62. The molecule has 4 heteroatoms.